The van der Waals surface area contributed by atoms with Crippen LogP contribution in [0.3, 0.4) is 0 Å². The van der Waals surface area contributed by atoms with Crippen LogP contribution in [0.4, 0.5) is 0 Å². The smallest absolute Gasteiger partial charge is 0.191 e. The van der Waals surface area contributed by atoms with Gasteiger partial charge >= 0.3 is 0 Å². The van der Waals surface area contributed by atoms with E-state index >= 15 is 0 Å². The van der Waals surface area contributed by atoms with Crippen molar-refractivity contribution in [1.82, 2.24) is 20.5 Å². The van der Waals surface area contributed by atoms with E-state index in [0.29, 0.717) is 12.0 Å². The first-order chi connectivity index (χ1) is 9.93. The first-order valence-electron chi connectivity index (χ1n) is 7.53. The van der Waals surface area contributed by atoms with Crippen molar-refractivity contribution in [3.8, 4) is 0 Å². The number of guanidine groups is 1. The number of nitrogens with one attached hydrogen (secondary N) is 2. The summed E-state index contributed by atoms with van der Waals surface area (Å²) in [7, 11) is 3.93. The van der Waals surface area contributed by atoms with Crippen molar-refractivity contribution in [3.63, 3.8) is 0 Å². The van der Waals surface area contributed by atoms with Gasteiger partial charge in [-0.3, -0.25) is 4.99 Å². The third-order valence-electron chi connectivity index (χ3n) is 3.43. The van der Waals surface area contributed by atoms with Gasteiger partial charge in [0.2, 0.25) is 0 Å². The van der Waals surface area contributed by atoms with Crippen molar-refractivity contribution < 1.29 is 0 Å². The number of rotatable bonds is 7. The van der Waals surface area contributed by atoms with Crippen LogP contribution in [0.15, 0.2) is 10.4 Å². The number of hydrogen-bond acceptors (Lipinski definition) is 4. The lowest BCUT2D eigenvalue weighted by Crippen LogP contribution is -2.41. The Bertz CT molecular complexity index is 439. The molecule has 0 aliphatic heterocycles. The Labute approximate surface area is 132 Å². The molecule has 1 heterocycles. The van der Waals surface area contributed by atoms with E-state index in [-0.39, 0.29) is 0 Å². The summed E-state index contributed by atoms with van der Waals surface area (Å²) in [5.41, 5.74) is 1.17. The molecule has 0 atom stereocenters. The molecule has 0 aromatic carbocycles. The molecule has 0 saturated heterocycles. The molecular weight excluding hydrogens is 282 g/mol. The van der Waals surface area contributed by atoms with Crippen LogP contribution in [0.1, 0.15) is 44.3 Å². The highest BCUT2D eigenvalue weighted by Gasteiger charge is 2.07. The van der Waals surface area contributed by atoms with Crippen LogP contribution in [-0.4, -0.2) is 49.1 Å². The molecule has 1 rings (SSSR count). The molecule has 2 N–H and O–H groups in total. The summed E-state index contributed by atoms with van der Waals surface area (Å²) in [5, 5.41) is 9.87. The van der Waals surface area contributed by atoms with Crippen LogP contribution in [0.5, 0.6) is 0 Å². The van der Waals surface area contributed by atoms with Crippen LogP contribution in [0.25, 0.3) is 0 Å². The highest BCUT2D eigenvalue weighted by molar-refractivity contribution is 7.09. The van der Waals surface area contributed by atoms with E-state index in [1.807, 2.05) is 0 Å². The zero-order chi connectivity index (χ0) is 15.8. The molecule has 1 aromatic heterocycles. The standard InChI is InChI=1S/C15H29N5S/c1-11(2)13-10-21-14(19-13)9-18-15(16-5)17-7-8-20(6)12(3)4/h10-12H,7-9H2,1-6H3,(H2,16,17,18). The maximum Gasteiger partial charge on any atom is 0.191 e. The molecular formula is C15H29N5S. The monoisotopic (exact) mass is 311 g/mol. The molecule has 0 radical (unpaired) electrons. The predicted octanol–water partition coefficient (Wildman–Crippen LogP) is 2.27. The van der Waals surface area contributed by atoms with Crippen molar-refractivity contribution in [2.75, 3.05) is 27.2 Å². The van der Waals surface area contributed by atoms with E-state index in [4.69, 9.17) is 0 Å². The summed E-state index contributed by atoms with van der Waals surface area (Å²) in [4.78, 5) is 11.2. The molecule has 5 nitrogen and oxygen atoms in total. The topological polar surface area (TPSA) is 52.6 Å². The van der Waals surface area contributed by atoms with Gasteiger partial charge in [-0.25, -0.2) is 4.98 Å². The van der Waals surface area contributed by atoms with E-state index < -0.39 is 0 Å². The molecule has 0 aliphatic rings. The zero-order valence-electron chi connectivity index (χ0n) is 14.1. The molecule has 0 amide bonds. The lowest BCUT2D eigenvalue weighted by atomic mass is 10.2. The van der Waals surface area contributed by atoms with Gasteiger partial charge in [-0.05, 0) is 26.8 Å². The summed E-state index contributed by atoms with van der Waals surface area (Å²) >= 11 is 1.70. The molecule has 0 saturated carbocycles. The van der Waals surface area contributed by atoms with Crippen LogP contribution in [-0.2, 0) is 6.54 Å². The van der Waals surface area contributed by atoms with Crippen molar-refractivity contribution >= 4 is 17.3 Å². The lowest BCUT2D eigenvalue weighted by Gasteiger charge is -2.21. The number of aliphatic imine (C=N–C) groups is 1. The number of nitrogens with zero attached hydrogens (tertiary/aromatic N) is 3. The van der Waals surface area contributed by atoms with Crippen LogP contribution in [0.2, 0.25) is 0 Å². The van der Waals surface area contributed by atoms with Crippen molar-refractivity contribution in [1.29, 1.82) is 0 Å². The summed E-state index contributed by atoms with van der Waals surface area (Å²) < 4.78 is 0. The third-order valence-corrected chi connectivity index (χ3v) is 4.30. The minimum absolute atomic E-state index is 0.485. The number of aromatic nitrogens is 1. The second-order valence-electron chi connectivity index (χ2n) is 5.75. The molecule has 0 aliphatic carbocycles. The van der Waals surface area contributed by atoms with E-state index in [9.17, 15) is 0 Å². The minimum Gasteiger partial charge on any atom is -0.355 e. The van der Waals surface area contributed by atoms with Gasteiger partial charge < -0.3 is 15.5 Å². The van der Waals surface area contributed by atoms with Gasteiger partial charge in [-0.2, -0.15) is 0 Å². The first-order valence-corrected chi connectivity index (χ1v) is 8.41. The summed E-state index contributed by atoms with van der Waals surface area (Å²) in [5.74, 6) is 1.31. The second-order valence-corrected chi connectivity index (χ2v) is 6.69. The first kappa shape index (κ1) is 17.9. The molecule has 21 heavy (non-hydrogen) atoms. The Hall–Kier alpha value is -1.14. The van der Waals surface area contributed by atoms with Gasteiger partial charge in [0, 0.05) is 31.6 Å². The van der Waals surface area contributed by atoms with Gasteiger partial charge in [0.15, 0.2) is 5.96 Å². The lowest BCUT2D eigenvalue weighted by molar-refractivity contribution is 0.278. The quantitative estimate of drug-likeness (QED) is 0.599. The molecule has 0 unspecified atom stereocenters. The highest BCUT2D eigenvalue weighted by Crippen LogP contribution is 2.17. The van der Waals surface area contributed by atoms with E-state index in [0.717, 1.165) is 30.6 Å². The summed E-state index contributed by atoms with van der Waals surface area (Å²) in [6.45, 7) is 11.3. The van der Waals surface area contributed by atoms with Crippen LogP contribution in [0, 0.1) is 0 Å². The Morgan fingerprint density at radius 1 is 1.33 bits per heavy atom. The fraction of sp³-hybridized carbons (Fsp3) is 0.733. The van der Waals surface area contributed by atoms with Crippen LogP contribution < -0.4 is 10.6 Å². The van der Waals surface area contributed by atoms with Crippen LogP contribution >= 0.6 is 11.3 Å². The molecule has 6 heteroatoms. The van der Waals surface area contributed by atoms with Gasteiger partial charge in [-0.1, -0.05) is 13.8 Å². The fourth-order valence-electron chi connectivity index (χ4n) is 1.66. The average molecular weight is 311 g/mol. The molecule has 0 bridgehead atoms. The highest BCUT2D eigenvalue weighted by atomic mass is 32.1. The maximum atomic E-state index is 4.61. The Kier molecular flexibility index (Phi) is 7.67. The van der Waals surface area contributed by atoms with Gasteiger partial charge in [0.1, 0.15) is 5.01 Å². The molecule has 1 aromatic rings. The largest absolute Gasteiger partial charge is 0.355 e. The number of thiazole rings is 1. The summed E-state index contributed by atoms with van der Waals surface area (Å²) in [6.07, 6.45) is 0. The van der Waals surface area contributed by atoms with Crippen molar-refractivity contribution in [2.45, 2.75) is 46.2 Å². The minimum atomic E-state index is 0.485. The maximum absolute atomic E-state index is 4.61. The molecule has 0 fully saturated rings. The van der Waals surface area contributed by atoms with Crippen molar-refractivity contribution in [3.05, 3.63) is 16.1 Å². The Balaban J connectivity index is 2.34. The fourth-order valence-corrected chi connectivity index (χ4v) is 2.56. The van der Waals surface area contributed by atoms with Crippen molar-refractivity contribution in [2.24, 2.45) is 4.99 Å². The van der Waals surface area contributed by atoms with E-state index in [1.54, 1.807) is 18.4 Å². The third kappa shape index (κ3) is 6.44. The molecule has 0 spiro atoms. The predicted molar refractivity (Wildman–Crippen MR) is 92.2 cm³/mol. The Morgan fingerprint density at radius 3 is 2.57 bits per heavy atom. The average Bonchev–Trinajstić information content (AvgIpc) is 2.91. The summed E-state index contributed by atoms with van der Waals surface area (Å²) in [6, 6.07) is 0.562. The number of hydrogen-bond donors (Lipinski definition) is 2. The van der Waals surface area contributed by atoms with Gasteiger partial charge in [0.05, 0.1) is 12.2 Å². The Morgan fingerprint density at radius 2 is 2.05 bits per heavy atom. The van der Waals surface area contributed by atoms with Gasteiger partial charge in [0.25, 0.3) is 0 Å². The van der Waals surface area contributed by atoms with E-state index in [2.05, 4.69) is 65.6 Å². The molecule has 120 valence electrons. The van der Waals surface area contributed by atoms with E-state index in [1.165, 1.54) is 5.69 Å². The normalized spacial score (nSPS) is 12.5. The zero-order valence-corrected chi connectivity index (χ0v) is 14.9. The number of likely N-dealkylation sites (N-methyl/N-ethyl adjacent to an activating group) is 1. The SMILES string of the molecule is CN=C(NCCN(C)C(C)C)NCc1nc(C(C)C)cs1. The van der Waals surface area contributed by atoms with Gasteiger partial charge in [-0.15, -0.1) is 11.3 Å². The second kappa shape index (κ2) is 9.00.